The molecule has 7 nitrogen and oxygen atoms in total. The minimum atomic E-state index is -1.07. The van der Waals surface area contributed by atoms with Gasteiger partial charge in [0.1, 0.15) is 5.75 Å². The molecule has 0 aliphatic heterocycles. The molecule has 2 aromatic heterocycles. The number of nitrogens with zero attached hydrogens (tertiary/aromatic N) is 4. The molecule has 0 saturated carbocycles. The second kappa shape index (κ2) is 7.70. The monoisotopic (exact) mass is 362 g/mol. The average molecular weight is 362 g/mol. The Morgan fingerprint density at radius 2 is 2.15 bits per heavy atom. The summed E-state index contributed by atoms with van der Waals surface area (Å²) in [5.74, 6) is 0.438. The van der Waals surface area contributed by atoms with Gasteiger partial charge in [0, 0.05) is 24.0 Å². The standard InChI is InChI=1S/C20H18N4O3/c1-13(2)12-27-17-5-3-4-14(6-17)18-10-22-19(7-15(18)8-21)24-11-16(9-23-24)20(25)26/h3-7,9-11,13H,12H2,1-2H3,(H,25,26). The van der Waals surface area contributed by atoms with Crippen molar-refractivity contribution in [2.75, 3.05) is 6.61 Å². The molecular formula is C20H18N4O3. The van der Waals surface area contributed by atoms with Crippen molar-refractivity contribution in [1.82, 2.24) is 14.8 Å². The van der Waals surface area contributed by atoms with Crippen molar-refractivity contribution in [2.24, 2.45) is 5.92 Å². The quantitative estimate of drug-likeness (QED) is 0.720. The van der Waals surface area contributed by atoms with Crippen LogP contribution < -0.4 is 4.74 Å². The van der Waals surface area contributed by atoms with E-state index in [1.165, 1.54) is 17.1 Å². The third-order valence-corrected chi connectivity index (χ3v) is 3.80. The minimum Gasteiger partial charge on any atom is -0.493 e. The summed E-state index contributed by atoms with van der Waals surface area (Å²) in [6, 6.07) is 11.2. The van der Waals surface area contributed by atoms with E-state index in [4.69, 9.17) is 9.84 Å². The first-order valence-corrected chi connectivity index (χ1v) is 8.39. The number of aromatic nitrogens is 3. The van der Waals surface area contributed by atoms with Crippen LogP contribution in [0.2, 0.25) is 0 Å². The van der Waals surface area contributed by atoms with Gasteiger partial charge >= 0.3 is 5.97 Å². The summed E-state index contributed by atoms with van der Waals surface area (Å²) in [4.78, 5) is 15.3. The fourth-order valence-corrected chi connectivity index (χ4v) is 2.47. The van der Waals surface area contributed by atoms with E-state index in [9.17, 15) is 10.1 Å². The van der Waals surface area contributed by atoms with Gasteiger partial charge in [0.15, 0.2) is 5.82 Å². The van der Waals surface area contributed by atoms with Crippen LogP contribution in [-0.4, -0.2) is 32.4 Å². The number of benzene rings is 1. The van der Waals surface area contributed by atoms with Crippen LogP contribution in [0, 0.1) is 17.2 Å². The van der Waals surface area contributed by atoms with Crippen molar-refractivity contribution < 1.29 is 14.6 Å². The zero-order chi connectivity index (χ0) is 19.4. The van der Waals surface area contributed by atoms with Gasteiger partial charge < -0.3 is 9.84 Å². The van der Waals surface area contributed by atoms with Gasteiger partial charge in [0.25, 0.3) is 0 Å². The average Bonchev–Trinajstić information content (AvgIpc) is 3.16. The van der Waals surface area contributed by atoms with Crippen molar-refractivity contribution in [3.8, 4) is 28.8 Å². The second-order valence-corrected chi connectivity index (χ2v) is 6.41. The Hall–Kier alpha value is -3.66. The van der Waals surface area contributed by atoms with E-state index in [-0.39, 0.29) is 5.56 Å². The first kappa shape index (κ1) is 18.1. The summed E-state index contributed by atoms with van der Waals surface area (Å²) >= 11 is 0. The molecule has 2 heterocycles. The zero-order valence-corrected chi connectivity index (χ0v) is 15.0. The third-order valence-electron chi connectivity index (χ3n) is 3.80. The normalized spacial score (nSPS) is 10.6. The number of nitriles is 1. The van der Waals surface area contributed by atoms with Crippen molar-refractivity contribution in [3.05, 3.63) is 60.0 Å². The zero-order valence-electron chi connectivity index (χ0n) is 15.0. The first-order chi connectivity index (χ1) is 13.0. The van der Waals surface area contributed by atoms with Crippen molar-refractivity contribution in [2.45, 2.75) is 13.8 Å². The summed E-state index contributed by atoms with van der Waals surface area (Å²) in [5, 5.41) is 22.5. The van der Waals surface area contributed by atoms with Gasteiger partial charge in [-0.1, -0.05) is 26.0 Å². The fourth-order valence-electron chi connectivity index (χ4n) is 2.47. The lowest BCUT2D eigenvalue weighted by atomic mass is 10.0. The maximum Gasteiger partial charge on any atom is 0.338 e. The van der Waals surface area contributed by atoms with Crippen LogP contribution in [-0.2, 0) is 0 Å². The topological polar surface area (TPSA) is 101 Å². The lowest BCUT2D eigenvalue weighted by Crippen LogP contribution is -2.04. The lowest BCUT2D eigenvalue weighted by molar-refractivity contribution is 0.0697. The summed E-state index contributed by atoms with van der Waals surface area (Å²) < 4.78 is 7.08. The Bertz CT molecular complexity index is 1020. The molecule has 0 unspecified atom stereocenters. The number of rotatable bonds is 6. The van der Waals surface area contributed by atoms with Crippen LogP contribution >= 0.6 is 0 Å². The number of hydrogen-bond donors (Lipinski definition) is 1. The lowest BCUT2D eigenvalue weighted by Gasteiger charge is -2.11. The maximum atomic E-state index is 11.0. The molecule has 0 bridgehead atoms. The number of carboxylic acids is 1. The van der Waals surface area contributed by atoms with Gasteiger partial charge in [0.05, 0.1) is 30.0 Å². The molecule has 1 aromatic carbocycles. The number of carbonyl (C=O) groups is 1. The molecular weight excluding hydrogens is 344 g/mol. The molecule has 136 valence electrons. The molecule has 0 fully saturated rings. The van der Waals surface area contributed by atoms with Gasteiger partial charge in [-0.25, -0.2) is 14.5 Å². The van der Waals surface area contributed by atoms with Crippen LogP contribution in [0.3, 0.4) is 0 Å². The Balaban J connectivity index is 1.94. The molecule has 7 heteroatoms. The van der Waals surface area contributed by atoms with Crippen molar-refractivity contribution in [3.63, 3.8) is 0 Å². The van der Waals surface area contributed by atoms with Crippen LogP contribution in [0.1, 0.15) is 29.8 Å². The third kappa shape index (κ3) is 4.12. The van der Waals surface area contributed by atoms with E-state index < -0.39 is 5.97 Å². The summed E-state index contributed by atoms with van der Waals surface area (Å²) in [6.07, 6.45) is 4.17. The van der Waals surface area contributed by atoms with E-state index in [0.717, 1.165) is 11.3 Å². The van der Waals surface area contributed by atoms with E-state index in [1.54, 1.807) is 12.3 Å². The highest BCUT2D eigenvalue weighted by Gasteiger charge is 2.12. The molecule has 0 amide bonds. The molecule has 0 radical (unpaired) electrons. The van der Waals surface area contributed by atoms with E-state index >= 15 is 0 Å². The Morgan fingerprint density at radius 1 is 1.33 bits per heavy atom. The highest BCUT2D eigenvalue weighted by Crippen LogP contribution is 2.27. The molecule has 0 atom stereocenters. The number of carboxylic acid groups (broad SMARTS) is 1. The smallest absolute Gasteiger partial charge is 0.338 e. The fraction of sp³-hybridized carbons (Fsp3) is 0.200. The molecule has 27 heavy (non-hydrogen) atoms. The maximum absolute atomic E-state index is 11.0. The molecule has 1 N–H and O–H groups in total. The van der Waals surface area contributed by atoms with Crippen LogP contribution in [0.4, 0.5) is 0 Å². The van der Waals surface area contributed by atoms with Crippen LogP contribution in [0.5, 0.6) is 5.75 Å². The predicted octanol–water partition coefficient (Wildman–Crippen LogP) is 3.54. The van der Waals surface area contributed by atoms with Gasteiger partial charge in [-0.3, -0.25) is 0 Å². The van der Waals surface area contributed by atoms with E-state index in [1.807, 2.05) is 24.3 Å². The Kier molecular flexibility index (Phi) is 5.18. The predicted molar refractivity (Wildman–Crippen MR) is 98.8 cm³/mol. The number of hydrogen-bond acceptors (Lipinski definition) is 5. The molecule has 0 aliphatic rings. The number of pyridine rings is 1. The van der Waals surface area contributed by atoms with Crippen LogP contribution in [0.15, 0.2) is 48.9 Å². The SMILES string of the molecule is CC(C)COc1cccc(-c2cnc(-n3cc(C(=O)O)cn3)cc2C#N)c1. The van der Waals surface area contributed by atoms with Gasteiger partial charge in [0.2, 0.25) is 0 Å². The largest absolute Gasteiger partial charge is 0.493 e. The van der Waals surface area contributed by atoms with E-state index in [0.29, 0.717) is 29.5 Å². The van der Waals surface area contributed by atoms with Crippen molar-refractivity contribution in [1.29, 1.82) is 5.26 Å². The van der Waals surface area contributed by atoms with Crippen LogP contribution in [0.25, 0.3) is 16.9 Å². The number of ether oxygens (including phenoxy) is 1. The van der Waals surface area contributed by atoms with Gasteiger partial charge in [-0.2, -0.15) is 10.4 Å². The Labute approximate surface area is 156 Å². The van der Waals surface area contributed by atoms with Crippen molar-refractivity contribution >= 4 is 5.97 Å². The minimum absolute atomic E-state index is 0.0504. The highest BCUT2D eigenvalue weighted by molar-refractivity contribution is 5.87. The Morgan fingerprint density at radius 3 is 2.81 bits per heavy atom. The van der Waals surface area contributed by atoms with Gasteiger partial charge in [-0.15, -0.1) is 0 Å². The molecule has 3 aromatic rings. The summed E-state index contributed by atoms with van der Waals surface area (Å²) in [6.45, 7) is 4.76. The highest BCUT2D eigenvalue weighted by atomic mass is 16.5. The molecule has 0 saturated heterocycles. The summed E-state index contributed by atoms with van der Waals surface area (Å²) in [5.41, 5.74) is 1.95. The molecule has 0 spiro atoms. The van der Waals surface area contributed by atoms with Gasteiger partial charge in [-0.05, 0) is 23.6 Å². The molecule has 0 aliphatic carbocycles. The number of aromatic carboxylic acids is 1. The van der Waals surface area contributed by atoms with E-state index in [2.05, 4.69) is 30.0 Å². The second-order valence-electron chi connectivity index (χ2n) is 6.41. The summed E-state index contributed by atoms with van der Waals surface area (Å²) in [7, 11) is 0. The first-order valence-electron chi connectivity index (χ1n) is 8.39. The molecule has 3 rings (SSSR count).